The Kier molecular flexibility index (Phi) is 9.24. The number of ether oxygens (including phenoxy) is 1. The van der Waals surface area contributed by atoms with Crippen molar-refractivity contribution < 1.29 is 14.3 Å². The first-order valence-corrected chi connectivity index (χ1v) is 13.0. The van der Waals surface area contributed by atoms with E-state index in [2.05, 4.69) is 71.3 Å². The summed E-state index contributed by atoms with van der Waals surface area (Å²) in [5.74, 6) is -0.233. The SMILES string of the molecule is CC(C)(C)OC(=O)NCC(=O)N[C@@H](Cc1ccccc1)CP(c1ccccc1)c1ccccc1. The second kappa shape index (κ2) is 12.3. The van der Waals surface area contributed by atoms with E-state index in [0.717, 1.165) is 11.7 Å². The van der Waals surface area contributed by atoms with Crippen molar-refractivity contribution in [3.63, 3.8) is 0 Å². The van der Waals surface area contributed by atoms with Crippen molar-refractivity contribution in [3.8, 4) is 0 Å². The highest BCUT2D eigenvalue weighted by molar-refractivity contribution is 7.73. The average Bonchev–Trinajstić information content (AvgIpc) is 2.82. The predicted molar refractivity (Wildman–Crippen MR) is 140 cm³/mol. The molecule has 0 aliphatic heterocycles. The third-order valence-corrected chi connectivity index (χ3v) is 7.67. The van der Waals surface area contributed by atoms with E-state index in [1.807, 2.05) is 30.3 Å². The normalized spacial score (nSPS) is 12.1. The minimum absolute atomic E-state index is 0.0955. The Morgan fingerprint density at radius 2 is 1.32 bits per heavy atom. The summed E-state index contributed by atoms with van der Waals surface area (Å²) in [6.45, 7) is 5.24. The predicted octanol–water partition coefficient (Wildman–Crippen LogP) is 4.37. The summed E-state index contributed by atoms with van der Waals surface area (Å²) in [5, 5.41) is 8.25. The molecular formula is C28H33N2O3P. The molecule has 0 spiro atoms. The van der Waals surface area contributed by atoms with Gasteiger partial charge in [0.2, 0.25) is 5.91 Å². The molecular weight excluding hydrogens is 443 g/mol. The lowest BCUT2D eigenvalue weighted by Gasteiger charge is -2.26. The first kappa shape index (κ1) is 25.5. The Morgan fingerprint density at radius 1 is 0.824 bits per heavy atom. The van der Waals surface area contributed by atoms with Crippen LogP contribution in [0.25, 0.3) is 0 Å². The van der Waals surface area contributed by atoms with Crippen LogP contribution in [0.2, 0.25) is 0 Å². The van der Waals surface area contributed by atoms with Crippen molar-refractivity contribution in [2.45, 2.75) is 38.8 Å². The highest BCUT2D eigenvalue weighted by Gasteiger charge is 2.22. The Bertz CT molecular complexity index is 998. The molecule has 3 rings (SSSR count). The fourth-order valence-corrected chi connectivity index (χ4v) is 6.05. The molecule has 0 heterocycles. The molecule has 0 unspecified atom stereocenters. The maximum absolute atomic E-state index is 12.8. The summed E-state index contributed by atoms with van der Waals surface area (Å²) < 4.78 is 5.24. The molecule has 1 atom stereocenters. The van der Waals surface area contributed by atoms with E-state index < -0.39 is 19.6 Å². The number of carbonyl (C=O) groups excluding carboxylic acids is 2. The molecule has 2 amide bonds. The standard InChI is InChI=1S/C28H33N2O3P/c1-28(2,3)33-27(32)29-20-26(31)30-23(19-22-13-7-4-8-14-22)21-34(24-15-9-5-10-16-24)25-17-11-6-12-18-25/h4-18,23H,19-21H2,1-3H3,(H,29,32)(H,30,31)/t23-/m0/s1. The van der Waals surface area contributed by atoms with Crippen LogP contribution in [0.4, 0.5) is 4.79 Å². The monoisotopic (exact) mass is 476 g/mol. The van der Waals surface area contributed by atoms with Crippen LogP contribution in [0.3, 0.4) is 0 Å². The summed E-state index contributed by atoms with van der Waals surface area (Å²) in [6.07, 6.45) is 0.895. The van der Waals surface area contributed by atoms with Gasteiger partial charge in [0, 0.05) is 6.04 Å². The second-order valence-corrected chi connectivity index (χ2v) is 11.3. The van der Waals surface area contributed by atoms with Crippen molar-refractivity contribution >= 4 is 30.5 Å². The van der Waals surface area contributed by atoms with Gasteiger partial charge in [0.1, 0.15) is 12.1 Å². The number of nitrogens with one attached hydrogen (secondary N) is 2. The molecule has 0 aromatic heterocycles. The van der Waals surface area contributed by atoms with Crippen molar-refractivity contribution in [3.05, 3.63) is 96.6 Å². The zero-order valence-electron chi connectivity index (χ0n) is 20.0. The summed E-state index contributed by atoms with van der Waals surface area (Å²) in [6, 6.07) is 31.0. The van der Waals surface area contributed by atoms with Gasteiger partial charge in [0.25, 0.3) is 0 Å². The van der Waals surface area contributed by atoms with Gasteiger partial charge in [-0.15, -0.1) is 0 Å². The van der Waals surface area contributed by atoms with Crippen molar-refractivity contribution in [2.75, 3.05) is 12.7 Å². The van der Waals surface area contributed by atoms with Gasteiger partial charge in [0.05, 0.1) is 0 Å². The zero-order valence-corrected chi connectivity index (χ0v) is 20.9. The number of rotatable bonds is 9. The maximum Gasteiger partial charge on any atom is 0.408 e. The molecule has 0 saturated carbocycles. The van der Waals surface area contributed by atoms with Gasteiger partial charge in [-0.2, -0.15) is 0 Å². The molecule has 0 fully saturated rings. The lowest BCUT2D eigenvalue weighted by atomic mass is 10.1. The number of alkyl carbamates (subject to hydrolysis) is 1. The van der Waals surface area contributed by atoms with Gasteiger partial charge in [0.15, 0.2) is 0 Å². The van der Waals surface area contributed by atoms with Crippen LogP contribution in [-0.4, -0.2) is 36.3 Å². The van der Waals surface area contributed by atoms with E-state index >= 15 is 0 Å². The van der Waals surface area contributed by atoms with Gasteiger partial charge in [-0.3, -0.25) is 4.79 Å². The van der Waals surface area contributed by atoms with Crippen LogP contribution < -0.4 is 21.2 Å². The summed E-state index contributed by atoms with van der Waals surface area (Å²) in [5.41, 5.74) is 0.543. The molecule has 2 N–H and O–H groups in total. The molecule has 0 bridgehead atoms. The molecule has 0 saturated heterocycles. The fourth-order valence-electron chi connectivity index (χ4n) is 3.60. The minimum Gasteiger partial charge on any atom is -0.444 e. The lowest BCUT2D eigenvalue weighted by Crippen LogP contribution is -2.45. The molecule has 34 heavy (non-hydrogen) atoms. The first-order valence-electron chi connectivity index (χ1n) is 11.5. The average molecular weight is 477 g/mol. The third-order valence-electron chi connectivity index (χ3n) is 5.02. The smallest absolute Gasteiger partial charge is 0.408 e. The van der Waals surface area contributed by atoms with Gasteiger partial charge in [-0.1, -0.05) is 91.0 Å². The van der Waals surface area contributed by atoms with E-state index in [1.54, 1.807) is 20.8 Å². The van der Waals surface area contributed by atoms with E-state index in [4.69, 9.17) is 4.74 Å². The topological polar surface area (TPSA) is 67.4 Å². The zero-order chi connectivity index (χ0) is 24.4. The molecule has 0 aliphatic rings. The Labute approximate surface area is 203 Å². The third kappa shape index (κ3) is 8.64. The molecule has 178 valence electrons. The first-order chi connectivity index (χ1) is 16.3. The Morgan fingerprint density at radius 3 is 1.82 bits per heavy atom. The number of hydrogen-bond donors (Lipinski definition) is 2. The van der Waals surface area contributed by atoms with E-state index in [1.165, 1.54) is 10.6 Å². The van der Waals surface area contributed by atoms with Crippen molar-refractivity contribution in [2.24, 2.45) is 0 Å². The van der Waals surface area contributed by atoms with Crippen LogP contribution in [0.5, 0.6) is 0 Å². The Balaban J connectivity index is 1.76. The lowest BCUT2D eigenvalue weighted by molar-refractivity contribution is -0.120. The van der Waals surface area contributed by atoms with Crippen LogP contribution in [0.15, 0.2) is 91.0 Å². The van der Waals surface area contributed by atoms with Crippen molar-refractivity contribution in [1.29, 1.82) is 0 Å². The van der Waals surface area contributed by atoms with E-state index in [0.29, 0.717) is 6.42 Å². The van der Waals surface area contributed by atoms with Gasteiger partial charge >= 0.3 is 6.09 Å². The van der Waals surface area contributed by atoms with Gasteiger partial charge in [-0.05, 0) is 57.4 Å². The minimum atomic E-state index is -0.684. The summed E-state index contributed by atoms with van der Waals surface area (Å²) in [4.78, 5) is 24.8. The number of amides is 2. The fraction of sp³-hybridized carbons (Fsp3) is 0.286. The molecule has 0 radical (unpaired) electrons. The molecule has 3 aromatic rings. The molecule has 5 nitrogen and oxygen atoms in total. The number of carbonyl (C=O) groups is 2. The molecule has 3 aromatic carbocycles. The molecule has 6 heteroatoms. The Hall–Kier alpha value is -3.17. The maximum atomic E-state index is 12.8. The summed E-state index contributed by atoms with van der Waals surface area (Å²) in [7, 11) is -0.684. The van der Waals surface area contributed by atoms with Crippen LogP contribution in [0.1, 0.15) is 26.3 Å². The van der Waals surface area contributed by atoms with Crippen LogP contribution in [-0.2, 0) is 16.0 Å². The highest BCUT2D eigenvalue weighted by atomic mass is 31.1. The number of benzene rings is 3. The van der Waals surface area contributed by atoms with Crippen LogP contribution >= 0.6 is 7.92 Å². The number of hydrogen-bond acceptors (Lipinski definition) is 3. The molecule has 0 aliphatic carbocycles. The quantitative estimate of drug-likeness (QED) is 0.451. The van der Waals surface area contributed by atoms with Crippen LogP contribution in [0, 0.1) is 0 Å². The van der Waals surface area contributed by atoms with Crippen molar-refractivity contribution in [1.82, 2.24) is 10.6 Å². The highest BCUT2D eigenvalue weighted by Crippen LogP contribution is 2.34. The van der Waals surface area contributed by atoms with E-state index in [9.17, 15) is 9.59 Å². The van der Waals surface area contributed by atoms with Gasteiger partial charge in [-0.25, -0.2) is 4.79 Å². The van der Waals surface area contributed by atoms with E-state index in [-0.39, 0.29) is 18.5 Å². The second-order valence-electron chi connectivity index (χ2n) is 9.09. The van der Waals surface area contributed by atoms with Gasteiger partial charge < -0.3 is 15.4 Å². The summed E-state index contributed by atoms with van der Waals surface area (Å²) >= 11 is 0. The largest absolute Gasteiger partial charge is 0.444 e.